The van der Waals surface area contributed by atoms with Crippen molar-refractivity contribution >= 4 is 23.4 Å². The standard InChI is InChI=1S/C22H19ClO3/c23-17-11-9-16(10-12-17)15-7-5-14(6-8-15)13-20-21(24)18-3-1-2-4-19(18)22(25)26-20/h1-4,9-15H,5-8H2. The number of benzene rings is 2. The van der Waals surface area contributed by atoms with Crippen LogP contribution >= 0.6 is 11.6 Å². The van der Waals surface area contributed by atoms with E-state index in [1.807, 2.05) is 18.2 Å². The molecule has 1 fully saturated rings. The minimum atomic E-state index is -0.443. The molecule has 0 N–H and O–H groups in total. The highest BCUT2D eigenvalue weighted by Crippen LogP contribution is 2.37. The van der Waals surface area contributed by atoms with E-state index in [-0.39, 0.29) is 17.5 Å². The van der Waals surface area contributed by atoms with Crippen LogP contribution < -0.4 is 0 Å². The van der Waals surface area contributed by atoms with Gasteiger partial charge in [0.05, 0.1) is 5.56 Å². The fraction of sp³-hybridized carbons (Fsp3) is 0.273. The number of esters is 1. The maximum atomic E-state index is 12.6. The third kappa shape index (κ3) is 3.32. The molecule has 26 heavy (non-hydrogen) atoms. The average molecular weight is 367 g/mol. The van der Waals surface area contributed by atoms with E-state index in [1.54, 1.807) is 24.3 Å². The SMILES string of the molecule is O=C1OC(=CC2CCC(c3ccc(Cl)cc3)CC2)C(=O)c2ccccc21. The molecule has 0 atom stereocenters. The average Bonchev–Trinajstić information content (AvgIpc) is 2.67. The summed E-state index contributed by atoms with van der Waals surface area (Å²) in [4.78, 5) is 24.7. The molecule has 2 aromatic rings. The first-order valence-electron chi connectivity index (χ1n) is 8.95. The summed E-state index contributed by atoms with van der Waals surface area (Å²) in [5.41, 5.74) is 2.10. The summed E-state index contributed by atoms with van der Waals surface area (Å²) in [5.74, 6) is 0.327. The minimum Gasteiger partial charge on any atom is -0.419 e. The maximum Gasteiger partial charge on any atom is 0.344 e. The van der Waals surface area contributed by atoms with Gasteiger partial charge in [-0.25, -0.2) is 4.79 Å². The first kappa shape index (κ1) is 17.0. The van der Waals surface area contributed by atoms with Gasteiger partial charge in [0, 0.05) is 10.6 Å². The Morgan fingerprint density at radius 2 is 1.54 bits per heavy atom. The van der Waals surface area contributed by atoms with Crippen LogP contribution in [0.5, 0.6) is 0 Å². The smallest absolute Gasteiger partial charge is 0.344 e. The van der Waals surface area contributed by atoms with Crippen molar-refractivity contribution < 1.29 is 14.3 Å². The van der Waals surface area contributed by atoms with Crippen molar-refractivity contribution in [1.82, 2.24) is 0 Å². The van der Waals surface area contributed by atoms with E-state index in [0.29, 0.717) is 17.0 Å². The molecule has 2 aliphatic rings. The Kier molecular flexibility index (Phi) is 4.64. The van der Waals surface area contributed by atoms with Crippen LogP contribution in [0.2, 0.25) is 5.02 Å². The molecule has 0 radical (unpaired) electrons. The second-order valence-corrected chi connectivity index (χ2v) is 7.39. The highest BCUT2D eigenvalue weighted by atomic mass is 35.5. The molecule has 0 spiro atoms. The molecule has 1 aliphatic heterocycles. The second-order valence-electron chi connectivity index (χ2n) is 6.96. The first-order chi connectivity index (χ1) is 12.6. The van der Waals surface area contributed by atoms with Crippen LogP contribution in [-0.2, 0) is 4.74 Å². The number of fused-ring (bicyclic) bond motifs is 1. The molecule has 0 amide bonds. The van der Waals surface area contributed by atoms with Gasteiger partial charge in [0.25, 0.3) is 0 Å². The van der Waals surface area contributed by atoms with Crippen LogP contribution in [0.3, 0.4) is 0 Å². The number of carbonyl (C=O) groups excluding carboxylic acids is 2. The Balaban J connectivity index is 1.46. The lowest BCUT2D eigenvalue weighted by molar-refractivity contribution is 0.0559. The van der Waals surface area contributed by atoms with Crippen LogP contribution in [-0.4, -0.2) is 11.8 Å². The zero-order chi connectivity index (χ0) is 18.1. The molecule has 0 bridgehead atoms. The molecule has 0 aromatic heterocycles. The molecular formula is C22H19ClO3. The molecule has 0 unspecified atom stereocenters. The second kappa shape index (κ2) is 7.08. The number of cyclic esters (lactones) is 1. The van der Waals surface area contributed by atoms with E-state index in [2.05, 4.69) is 12.1 Å². The number of halogens is 1. The minimum absolute atomic E-state index is 0.184. The summed E-state index contributed by atoms with van der Waals surface area (Å²) in [6, 6.07) is 14.9. The summed E-state index contributed by atoms with van der Waals surface area (Å²) in [6.07, 6.45) is 5.91. The number of carbonyl (C=O) groups is 2. The third-order valence-corrected chi connectivity index (χ3v) is 5.57. The van der Waals surface area contributed by atoms with E-state index in [4.69, 9.17) is 16.3 Å². The molecule has 4 heteroatoms. The Labute approximate surface area is 157 Å². The van der Waals surface area contributed by atoms with Gasteiger partial charge in [0.15, 0.2) is 5.76 Å². The van der Waals surface area contributed by atoms with Crippen LogP contribution in [0.25, 0.3) is 0 Å². The lowest BCUT2D eigenvalue weighted by Crippen LogP contribution is -2.23. The number of allylic oxidation sites excluding steroid dienone is 2. The predicted molar refractivity (Wildman–Crippen MR) is 100 cm³/mol. The van der Waals surface area contributed by atoms with Crippen molar-refractivity contribution in [3.8, 4) is 0 Å². The van der Waals surface area contributed by atoms with E-state index >= 15 is 0 Å². The fourth-order valence-electron chi connectivity index (χ4n) is 3.87. The van der Waals surface area contributed by atoms with Crippen LogP contribution in [0.4, 0.5) is 0 Å². The Hall–Kier alpha value is -2.39. The number of ether oxygens (including phenoxy) is 1. The zero-order valence-corrected chi connectivity index (χ0v) is 15.0. The van der Waals surface area contributed by atoms with E-state index in [1.165, 1.54) is 5.56 Å². The Morgan fingerprint density at radius 1 is 0.885 bits per heavy atom. The molecule has 1 heterocycles. The fourth-order valence-corrected chi connectivity index (χ4v) is 4.00. The molecule has 132 valence electrons. The Bertz CT molecular complexity index is 875. The van der Waals surface area contributed by atoms with Gasteiger partial charge in [0.1, 0.15) is 0 Å². The molecule has 3 nitrogen and oxygen atoms in total. The van der Waals surface area contributed by atoms with Crippen molar-refractivity contribution in [1.29, 1.82) is 0 Å². The lowest BCUT2D eigenvalue weighted by atomic mass is 9.78. The number of rotatable bonds is 2. The highest BCUT2D eigenvalue weighted by Gasteiger charge is 2.31. The zero-order valence-electron chi connectivity index (χ0n) is 14.3. The number of Topliss-reactive ketones (excluding diaryl/α,β-unsaturated/α-hetero) is 1. The lowest BCUT2D eigenvalue weighted by Gasteiger charge is -2.28. The van der Waals surface area contributed by atoms with Crippen LogP contribution in [0.15, 0.2) is 60.4 Å². The van der Waals surface area contributed by atoms with Gasteiger partial charge in [-0.1, -0.05) is 41.9 Å². The Morgan fingerprint density at radius 3 is 2.23 bits per heavy atom. The van der Waals surface area contributed by atoms with Gasteiger partial charge in [-0.2, -0.15) is 0 Å². The molecule has 1 saturated carbocycles. The van der Waals surface area contributed by atoms with Gasteiger partial charge in [-0.15, -0.1) is 0 Å². The molecule has 2 aromatic carbocycles. The maximum absolute atomic E-state index is 12.6. The van der Waals surface area contributed by atoms with Crippen molar-refractivity contribution in [2.45, 2.75) is 31.6 Å². The normalized spacial score (nSPS) is 24.3. The largest absolute Gasteiger partial charge is 0.419 e. The summed E-state index contributed by atoms with van der Waals surface area (Å²) >= 11 is 5.96. The van der Waals surface area contributed by atoms with Gasteiger partial charge in [-0.3, -0.25) is 4.79 Å². The highest BCUT2D eigenvalue weighted by molar-refractivity contribution is 6.30. The van der Waals surface area contributed by atoms with Gasteiger partial charge in [0.2, 0.25) is 5.78 Å². The summed E-state index contributed by atoms with van der Waals surface area (Å²) in [6.45, 7) is 0. The molecular weight excluding hydrogens is 348 g/mol. The monoisotopic (exact) mass is 366 g/mol. The topological polar surface area (TPSA) is 43.4 Å². The van der Waals surface area contributed by atoms with Gasteiger partial charge >= 0.3 is 5.97 Å². The van der Waals surface area contributed by atoms with Gasteiger partial charge < -0.3 is 4.74 Å². The van der Waals surface area contributed by atoms with E-state index in [9.17, 15) is 9.59 Å². The van der Waals surface area contributed by atoms with Crippen molar-refractivity contribution in [3.63, 3.8) is 0 Å². The van der Waals surface area contributed by atoms with Crippen molar-refractivity contribution in [3.05, 3.63) is 82.1 Å². The first-order valence-corrected chi connectivity index (χ1v) is 9.33. The summed E-state index contributed by atoms with van der Waals surface area (Å²) in [5, 5.41) is 0.755. The van der Waals surface area contributed by atoms with E-state index < -0.39 is 5.97 Å². The van der Waals surface area contributed by atoms with Crippen LogP contribution in [0.1, 0.15) is 57.9 Å². The van der Waals surface area contributed by atoms with E-state index in [0.717, 1.165) is 30.7 Å². The van der Waals surface area contributed by atoms with Gasteiger partial charge in [-0.05, 0) is 67.4 Å². The number of hydrogen-bond acceptors (Lipinski definition) is 3. The quantitative estimate of drug-likeness (QED) is 0.517. The molecule has 1 aliphatic carbocycles. The van der Waals surface area contributed by atoms with Crippen molar-refractivity contribution in [2.24, 2.45) is 5.92 Å². The number of hydrogen-bond donors (Lipinski definition) is 0. The van der Waals surface area contributed by atoms with Crippen LogP contribution in [0, 0.1) is 5.92 Å². The summed E-state index contributed by atoms with van der Waals surface area (Å²) < 4.78 is 5.31. The summed E-state index contributed by atoms with van der Waals surface area (Å²) in [7, 11) is 0. The van der Waals surface area contributed by atoms with Crippen molar-refractivity contribution in [2.75, 3.05) is 0 Å². The third-order valence-electron chi connectivity index (χ3n) is 5.32. The molecule has 4 rings (SSSR count). The number of ketones is 1. The molecule has 0 saturated heterocycles. The predicted octanol–water partition coefficient (Wildman–Crippen LogP) is 5.55.